The van der Waals surface area contributed by atoms with Gasteiger partial charge in [0.05, 0.1) is 6.61 Å². The van der Waals surface area contributed by atoms with E-state index in [9.17, 15) is 15.0 Å². The maximum Gasteiger partial charge on any atom is 0.253 e. The molecular formula is C10H17Cl2N3O5. The summed E-state index contributed by atoms with van der Waals surface area (Å²) in [6, 6.07) is 1.53. The van der Waals surface area contributed by atoms with Crippen molar-refractivity contribution >= 4 is 30.7 Å². The van der Waals surface area contributed by atoms with Gasteiger partial charge in [-0.25, -0.2) is 5.43 Å². The molecule has 1 amide bonds. The Morgan fingerprint density at radius 3 is 2.35 bits per heavy atom. The molecule has 1 atom stereocenters. The van der Waals surface area contributed by atoms with Crippen LogP contribution in [0.5, 0.6) is 17.2 Å². The Labute approximate surface area is 127 Å². The second-order valence-electron chi connectivity index (χ2n) is 3.57. The van der Waals surface area contributed by atoms with E-state index >= 15 is 0 Å². The summed E-state index contributed by atoms with van der Waals surface area (Å²) in [4.78, 5) is 11.2. The molecule has 0 aliphatic rings. The number of nitrogens with one attached hydrogen (secondary N) is 2. The summed E-state index contributed by atoms with van der Waals surface area (Å²) in [7, 11) is 0. The van der Waals surface area contributed by atoms with E-state index < -0.39 is 35.8 Å². The molecule has 0 saturated heterocycles. The number of aliphatic hydroxyl groups excluding tert-OH is 1. The minimum absolute atomic E-state index is 0. The zero-order chi connectivity index (χ0) is 13.7. The average molecular weight is 330 g/mol. The largest absolute Gasteiger partial charge is 0.504 e. The normalized spacial score (nSPS) is 10.9. The number of hydrogen-bond donors (Lipinski definition) is 7. The smallest absolute Gasteiger partial charge is 0.253 e. The zero-order valence-electron chi connectivity index (χ0n) is 10.2. The van der Waals surface area contributed by atoms with Gasteiger partial charge in [0.15, 0.2) is 11.5 Å². The third kappa shape index (κ3) is 5.27. The Balaban J connectivity index is 0. The lowest BCUT2D eigenvalue weighted by Gasteiger charge is -2.12. The van der Waals surface area contributed by atoms with Gasteiger partial charge in [-0.3, -0.25) is 10.2 Å². The van der Waals surface area contributed by atoms with Gasteiger partial charge in [0.25, 0.3) is 5.91 Å². The monoisotopic (exact) mass is 329 g/mol. The molecule has 20 heavy (non-hydrogen) atoms. The Morgan fingerprint density at radius 2 is 1.80 bits per heavy atom. The Hall–Kier alpha value is -1.45. The predicted octanol–water partition coefficient (Wildman–Crippen LogP) is -0.913. The molecule has 0 bridgehead atoms. The summed E-state index contributed by atoms with van der Waals surface area (Å²) in [6.07, 6.45) is 0. The summed E-state index contributed by atoms with van der Waals surface area (Å²) in [6.45, 7) is -0.484. The molecule has 1 rings (SSSR count). The molecule has 0 aliphatic carbocycles. The van der Waals surface area contributed by atoms with E-state index in [4.69, 9.17) is 15.9 Å². The lowest BCUT2D eigenvalue weighted by atomic mass is 10.2. The summed E-state index contributed by atoms with van der Waals surface area (Å²) in [5, 5.41) is 36.4. The summed E-state index contributed by atoms with van der Waals surface area (Å²) in [5.74, 6) is -2.17. The van der Waals surface area contributed by atoms with Gasteiger partial charge in [0.2, 0.25) is 5.75 Å². The first-order chi connectivity index (χ1) is 8.47. The van der Waals surface area contributed by atoms with Crippen LogP contribution in [-0.2, 0) is 11.3 Å². The lowest BCUT2D eigenvalue weighted by molar-refractivity contribution is -0.124. The van der Waals surface area contributed by atoms with Crippen LogP contribution in [0.2, 0.25) is 0 Å². The number of hydrazine groups is 1. The van der Waals surface area contributed by atoms with Crippen molar-refractivity contribution in [3.63, 3.8) is 0 Å². The molecule has 8 nitrogen and oxygen atoms in total. The molecule has 0 radical (unpaired) electrons. The number of nitrogens with two attached hydrogens (primary N) is 1. The molecule has 1 aromatic carbocycles. The third-order valence-electron chi connectivity index (χ3n) is 2.24. The van der Waals surface area contributed by atoms with Crippen molar-refractivity contribution in [2.75, 3.05) is 6.61 Å². The summed E-state index contributed by atoms with van der Waals surface area (Å²) >= 11 is 0. The van der Waals surface area contributed by atoms with Crippen molar-refractivity contribution < 1.29 is 25.2 Å². The Kier molecular flexibility index (Phi) is 9.86. The number of phenols is 3. The number of rotatable bonds is 5. The SMILES string of the molecule is Cl.Cl.NC(CO)C(=O)NNCc1ccc(O)c(O)c1O. The molecule has 0 heterocycles. The van der Waals surface area contributed by atoms with Gasteiger partial charge in [-0.1, -0.05) is 6.07 Å². The van der Waals surface area contributed by atoms with Crippen molar-refractivity contribution in [2.24, 2.45) is 5.73 Å². The number of carbonyl (C=O) groups excluding carboxylic acids is 1. The molecule has 8 N–H and O–H groups in total. The van der Waals surface area contributed by atoms with Crippen LogP contribution in [0.15, 0.2) is 12.1 Å². The maximum absolute atomic E-state index is 11.2. The minimum Gasteiger partial charge on any atom is -0.504 e. The van der Waals surface area contributed by atoms with E-state index in [0.717, 1.165) is 0 Å². The van der Waals surface area contributed by atoms with Gasteiger partial charge in [0, 0.05) is 12.1 Å². The number of halogens is 2. The zero-order valence-corrected chi connectivity index (χ0v) is 11.9. The lowest BCUT2D eigenvalue weighted by Crippen LogP contribution is -2.48. The number of aromatic hydroxyl groups is 3. The molecule has 10 heteroatoms. The number of phenolic OH excluding ortho intramolecular Hbond substituents is 3. The summed E-state index contributed by atoms with van der Waals surface area (Å²) in [5.41, 5.74) is 10.2. The number of aliphatic hydroxyl groups is 1. The molecule has 0 aliphatic heterocycles. The number of hydrogen-bond acceptors (Lipinski definition) is 7. The van der Waals surface area contributed by atoms with Crippen LogP contribution in [0.4, 0.5) is 0 Å². The Morgan fingerprint density at radius 1 is 1.20 bits per heavy atom. The van der Waals surface area contributed by atoms with Crippen LogP contribution in [0.3, 0.4) is 0 Å². The van der Waals surface area contributed by atoms with Crippen LogP contribution in [0, 0.1) is 0 Å². The Bertz CT molecular complexity index is 447. The first-order valence-corrected chi connectivity index (χ1v) is 5.09. The van der Waals surface area contributed by atoms with Crippen molar-refractivity contribution in [1.82, 2.24) is 10.9 Å². The molecule has 1 unspecified atom stereocenters. The first-order valence-electron chi connectivity index (χ1n) is 5.09. The fourth-order valence-electron chi connectivity index (χ4n) is 1.16. The molecule has 1 aromatic rings. The minimum atomic E-state index is -1.04. The maximum atomic E-state index is 11.2. The highest BCUT2D eigenvalue weighted by Crippen LogP contribution is 2.36. The van der Waals surface area contributed by atoms with E-state index in [1.54, 1.807) is 0 Å². The molecule has 0 spiro atoms. The first kappa shape index (κ1) is 20.9. The van der Waals surface area contributed by atoms with Crippen LogP contribution in [0.25, 0.3) is 0 Å². The molecule has 116 valence electrons. The van der Waals surface area contributed by atoms with Crippen molar-refractivity contribution in [3.8, 4) is 17.2 Å². The second kappa shape index (κ2) is 9.45. The second-order valence-corrected chi connectivity index (χ2v) is 3.57. The van der Waals surface area contributed by atoms with Crippen LogP contribution in [-0.4, -0.2) is 39.0 Å². The van der Waals surface area contributed by atoms with Gasteiger partial charge in [-0.15, -0.1) is 24.8 Å². The van der Waals surface area contributed by atoms with Crippen molar-refractivity contribution in [2.45, 2.75) is 12.6 Å². The number of benzene rings is 1. The van der Waals surface area contributed by atoms with E-state index in [2.05, 4.69) is 10.9 Å². The summed E-state index contributed by atoms with van der Waals surface area (Å²) < 4.78 is 0. The van der Waals surface area contributed by atoms with Gasteiger partial charge in [-0.2, -0.15) is 0 Å². The van der Waals surface area contributed by atoms with E-state index in [1.807, 2.05) is 0 Å². The highest BCUT2D eigenvalue weighted by molar-refractivity contribution is 5.85. The quantitative estimate of drug-likeness (QED) is 0.273. The fourth-order valence-corrected chi connectivity index (χ4v) is 1.16. The van der Waals surface area contributed by atoms with Crippen molar-refractivity contribution in [1.29, 1.82) is 0 Å². The third-order valence-corrected chi connectivity index (χ3v) is 2.24. The van der Waals surface area contributed by atoms with Gasteiger partial charge >= 0.3 is 0 Å². The molecule has 0 saturated carbocycles. The topological polar surface area (TPSA) is 148 Å². The molecular weight excluding hydrogens is 313 g/mol. The molecule has 0 fully saturated rings. The van der Waals surface area contributed by atoms with Crippen LogP contribution >= 0.6 is 24.8 Å². The predicted molar refractivity (Wildman–Crippen MR) is 76.0 cm³/mol. The van der Waals surface area contributed by atoms with Gasteiger partial charge < -0.3 is 26.2 Å². The average Bonchev–Trinajstić information content (AvgIpc) is 2.37. The highest BCUT2D eigenvalue weighted by Gasteiger charge is 2.13. The van der Waals surface area contributed by atoms with E-state index in [0.29, 0.717) is 0 Å². The highest BCUT2D eigenvalue weighted by atomic mass is 35.5. The number of amides is 1. The van der Waals surface area contributed by atoms with Crippen LogP contribution < -0.4 is 16.6 Å². The van der Waals surface area contributed by atoms with Gasteiger partial charge in [-0.05, 0) is 6.07 Å². The number of carbonyl (C=O) groups is 1. The standard InChI is InChI=1S/C10H15N3O5.2ClH/c11-6(4-14)10(18)13-12-3-5-1-2-7(15)9(17)8(5)16;;/h1-2,6,12,14-17H,3-4,11H2,(H,13,18);2*1H. The molecule has 0 aromatic heterocycles. The van der Waals surface area contributed by atoms with Gasteiger partial charge in [0.1, 0.15) is 6.04 Å². The van der Waals surface area contributed by atoms with E-state index in [-0.39, 0.29) is 36.9 Å². The fraction of sp³-hybridized carbons (Fsp3) is 0.300. The van der Waals surface area contributed by atoms with E-state index in [1.165, 1.54) is 12.1 Å². The van der Waals surface area contributed by atoms with Crippen molar-refractivity contribution in [3.05, 3.63) is 17.7 Å². The van der Waals surface area contributed by atoms with Crippen LogP contribution in [0.1, 0.15) is 5.56 Å².